The zero-order valence-corrected chi connectivity index (χ0v) is 24.5. The normalized spacial score (nSPS) is 41.9. The van der Waals surface area contributed by atoms with Crippen LogP contribution in [-0.2, 0) is 23.9 Å². The number of hydrogen-bond donors (Lipinski definition) is 0. The van der Waals surface area contributed by atoms with Gasteiger partial charge in [0.15, 0.2) is 12.4 Å². The lowest BCUT2D eigenvalue weighted by atomic mass is 9.34. The number of ether oxygens (including phenoxy) is 2. The van der Waals surface area contributed by atoms with Crippen molar-refractivity contribution in [2.45, 2.75) is 93.4 Å². The largest absolute Gasteiger partial charge is 0.477 e. The standard InChI is InChI=1S/C33H44O5/c1-20-22-9-10-25-31(5,23(22)17-24(35)28(20)38-19-27(36)37-8)14-16-33(7)26-18-30(4,21(2)34)12-11-29(26,3)13-15-32(25,33)6/h9-10,17,26H,11-16,18-19H2,1-8H3/t26-,29-,30-,31+,32-,33+/m1/s1. The molecule has 6 atom stereocenters. The molecular formula is C33H44O5. The number of carbonyl (C=O) groups excluding carboxylic acids is 3. The highest BCUT2D eigenvalue weighted by molar-refractivity contribution is 6.07. The molecule has 0 amide bonds. The number of fused-ring (bicyclic) bond motifs is 7. The van der Waals surface area contributed by atoms with Crippen LogP contribution in [0.2, 0.25) is 0 Å². The Morgan fingerprint density at radius 1 is 0.974 bits per heavy atom. The van der Waals surface area contributed by atoms with Crippen LogP contribution in [0.15, 0.2) is 46.3 Å². The summed E-state index contributed by atoms with van der Waals surface area (Å²) in [6.45, 7) is 15.4. The zero-order chi connectivity index (χ0) is 27.9. The molecule has 5 aliphatic rings. The van der Waals surface area contributed by atoms with Crippen molar-refractivity contribution < 1.29 is 23.9 Å². The number of allylic oxidation sites excluding steroid dienone is 7. The molecule has 5 aliphatic carbocycles. The van der Waals surface area contributed by atoms with Crippen LogP contribution in [0.25, 0.3) is 0 Å². The third-order valence-corrected chi connectivity index (χ3v) is 12.3. The van der Waals surface area contributed by atoms with Crippen LogP contribution < -0.4 is 0 Å². The maximum atomic E-state index is 13.3. The van der Waals surface area contributed by atoms with E-state index in [4.69, 9.17) is 9.47 Å². The van der Waals surface area contributed by atoms with Crippen molar-refractivity contribution in [2.75, 3.05) is 13.7 Å². The number of hydrogen-bond acceptors (Lipinski definition) is 5. The second-order valence-electron chi connectivity index (χ2n) is 14.0. The minimum Gasteiger partial charge on any atom is -0.477 e. The number of methoxy groups -OCH3 is 1. The third kappa shape index (κ3) is 3.52. The van der Waals surface area contributed by atoms with Crippen LogP contribution in [-0.4, -0.2) is 31.3 Å². The molecule has 0 aromatic rings. The number of ketones is 2. The topological polar surface area (TPSA) is 69.7 Å². The van der Waals surface area contributed by atoms with E-state index in [0.29, 0.717) is 11.7 Å². The van der Waals surface area contributed by atoms with Gasteiger partial charge < -0.3 is 9.47 Å². The van der Waals surface area contributed by atoms with Gasteiger partial charge in [-0.05, 0) is 98.2 Å². The minimum absolute atomic E-state index is 0.0234. The van der Waals surface area contributed by atoms with Crippen LogP contribution in [0.5, 0.6) is 0 Å². The Kier molecular flexibility index (Phi) is 6.10. The Hall–Kier alpha value is -2.43. The average Bonchev–Trinajstić information content (AvgIpc) is 2.86. The molecule has 0 spiro atoms. The lowest BCUT2D eigenvalue weighted by Crippen LogP contribution is -2.62. The lowest BCUT2D eigenvalue weighted by molar-refractivity contribution is -0.167. The van der Waals surface area contributed by atoms with Gasteiger partial charge >= 0.3 is 5.97 Å². The molecule has 0 aromatic heterocycles. The summed E-state index contributed by atoms with van der Waals surface area (Å²) in [6.07, 6.45) is 13.7. The number of esters is 1. The average molecular weight is 521 g/mol. The molecule has 5 nitrogen and oxygen atoms in total. The van der Waals surface area contributed by atoms with Gasteiger partial charge in [0.1, 0.15) is 5.78 Å². The predicted octanol–water partition coefficient (Wildman–Crippen LogP) is 6.83. The smallest absolute Gasteiger partial charge is 0.343 e. The van der Waals surface area contributed by atoms with Crippen molar-refractivity contribution in [1.82, 2.24) is 0 Å². The fourth-order valence-electron chi connectivity index (χ4n) is 9.14. The summed E-state index contributed by atoms with van der Waals surface area (Å²) < 4.78 is 10.3. The predicted molar refractivity (Wildman–Crippen MR) is 147 cm³/mol. The molecule has 0 aromatic carbocycles. The van der Waals surface area contributed by atoms with Crippen molar-refractivity contribution >= 4 is 17.5 Å². The van der Waals surface area contributed by atoms with E-state index in [1.165, 1.54) is 19.1 Å². The molecule has 0 aliphatic heterocycles. The second-order valence-corrected chi connectivity index (χ2v) is 14.0. The van der Waals surface area contributed by atoms with Crippen molar-refractivity contribution in [3.63, 3.8) is 0 Å². The van der Waals surface area contributed by atoms with Gasteiger partial charge in [0.2, 0.25) is 5.78 Å². The molecule has 206 valence electrons. The summed E-state index contributed by atoms with van der Waals surface area (Å²) in [5.74, 6) is 0.358. The quantitative estimate of drug-likeness (QED) is 0.380. The molecule has 0 bridgehead atoms. The van der Waals surface area contributed by atoms with Gasteiger partial charge in [-0.15, -0.1) is 0 Å². The van der Waals surface area contributed by atoms with Crippen molar-refractivity contribution in [3.05, 3.63) is 46.3 Å². The van der Waals surface area contributed by atoms with Crippen LogP contribution in [0.4, 0.5) is 0 Å². The Balaban J connectivity index is 1.57. The van der Waals surface area contributed by atoms with E-state index in [0.717, 1.165) is 55.2 Å². The molecule has 0 unspecified atom stereocenters. The zero-order valence-electron chi connectivity index (χ0n) is 24.5. The molecule has 38 heavy (non-hydrogen) atoms. The first-order valence-electron chi connectivity index (χ1n) is 14.3. The molecule has 3 fully saturated rings. The van der Waals surface area contributed by atoms with Crippen molar-refractivity contribution in [2.24, 2.45) is 33.0 Å². The molecule has 3 saturated carbocycles. The second kappa shape index (κ2) is 8.53. The highest BCUT2D eigenvalue weighted by Crippen LogP contribution is 2.75. The Labute approximate surface area is 227 Å². The van der Waals surface area contributed by atoms with E-state index in [9.17, 15) is 14.4 Å². The summed E-state index contributed by atoms with van der Waals surface area (Å²) in [5.41, 5.74) is 4.17. The van der Waals surface area contributed by atoms with Gasteiger partial charge in [0.25, 0.3) is 0 Å². The van der Waals surface area contributed by atoms with Crippen LogP contribution in [0.1, 0.15) is 93.4 Å². The van der Waals surface area contributed by atoms with E-state index in [1.54, 1.807) is 13.0 Å². The van der Waals surface area contributed by atoms with Gasteiger partial charge in [0, 0.05) is 16.4 Å². The molecule has 0 radical (unpaired) electrons. The summed E-state index contributed by atoms with van der Waals surface area (Å²) >= 11 is 0. The van der Waals surface area contributed by atoms with Gasteiger partial charge in [-0.2, -0.15) is 0 Å². The summed E-state index contributed by atoms with van der Waals surface area (Å²) in [7, 11) is 1.31. The van der Waals surface area contributed by atoms with E-state index in [2.05, 4.69) is 46.8 Å². The van der Waals surface area contributed by atoms with Crippen molar-refractivity contribution in [3.8, 4) is 0 Å². The van der Waals surface area contributed by atoms with Crippen LogP contribution >= 0.6 is 0 Å². The maximum Gasteiger partial charge on any atom is 0.343 e. The Morgan fingerprint density at radius 2 is 1.66 bits per heavy atom. The fourth-order valence-corrected chi connectivity index (χ4v) is 9.14. The number of carbonyl (C=O) groups is 3. The highest BCUT2D eigenvalue weighted by Gasteiger charge is 2.67. The SMILES string of the molecule is COC(=O)COC1=C(C)C2=CC=C3[C@@](C)(CC[C@@]4(C)[C@@H]5C[C@](C)(C(C)=O)CC[C@]5(C)CC[C@]34C)C2=CC1=O. The fraction of sp³-hybridized carbons (Fsp3) is 0.667. The summed E-state index contributed by atoms with van der Waals surface area (Å²) in [5, 5.41) is 0. The monoisotopic (exact) mass is 520 g/mol. The first kappa shape index (κ1) is 27.1. The first-order chi connectivity index (χ1) is 17.7. The molecular weight excluding hydrogens is 476 g/mol. The molecule has 0 heterocycles. The number of Topliss-reactive ketones (excluding diaryl/α,β-unsaturated/α-hetero) is 1. The van der Waals surface area contributed by atoms with Crippen LogP contribution in [0, 0.1) is 33.0 Å². The molecule has 0 N–H and O–H groups in total. The van der Waals surface area contributed by atoms with Gasteiger partial charge in [-0.1, -0.05) is 52.3 Å². The highest BCUT2D eigenvalue weighted by atomic mass is 16.6. The van der Waals surface area contributed by atoms with Crippen molar-refractivity contribution in [1.29, 1.82) is 0 Å². The molecule has 5 heteroatoms. The molecule has 5 rings (SSSR count). The van der Waals surface area contributed by atoms with Gasteiger partial charge in [-0.3, -0.25) is 9.59 Å². The van der Waals surface area contributed by atoms with Gasteiger partial charge in [-0.25, -0.2) is 4.79 Å². The van der Waals surface area contributed by atoms with E-state index < -0.39 is 5.97 Å². The van der Waals surface area contributed by atoms with E-state index >= 15 is 0 Å². The van der Waals surface area contributed by atoms with E-state index in [1.807, 2.05) is 6.92 Å². The number of rotatable bonds is 4. The van der Waals surface area contributed by atoms with Gasteiger partial charge in [0.05, 0.1) is 7.11 Å². The van der Waals surface area contributed by atoms with Crippen LogP contribution in [0.3, 0.4) is 0 Å². The van der Waals surface area contributed by atoms with E-state index in [-0.39, 0.29) is 45.2 Å². The third-order valence-electron chi connectivity index (χ3n) is 12.3. The maximum absolute atomic E-state index is 13.3. The Morgan fingerprint density at radius 3 is 2.32 bits per heavy atom. The molecule has 0 saturated heterocycles. The summed E-state index contributed by atoms with van der Waals surface area (Å²) in [6, 6.07) is 0. The Bertz CT molecular complexity index is 1250. The summed E-state index contributed by atoms with van der Waals surface area (Å²) in [4.78, 5) is 37.7. The first-order valence-corrected chi connectivity index (χ1v) is 14.3. The minimum atomic E-state index is -0.507. The lowest BCUT2D eigenvalue weighted by Gasteiger charge is -2.70.